The van der Waals surface area contributed by atoms with Crippen LogP contribution in [0.4, 0.5) is 4.79 Å². The first kappa shape index (κ1) is 33.4. The van der Waals surface area contributed by atoms with Gasteiger partial charge in [-0.15, -0.1) is 0 Å². The number of nitrogens with one attached hydrogen (secondary N) is 4. The maximum Gasteiger partial charge on any atom is 0.408 e. The van der Waals surface area contributed by atoms with Gasteiger partial charge in [0.25, 0.3) is 5.91 Å². The van der Waals surface area contributed by atoms with Crippen LogP contribution in [-0.4, -0.2) is 54.3 Å². The van der Waals surface area contributed by atoms with Gasteiger partial charge in [-0.3, -0.25) is 19.2 Å². The number of carbonyl (C=O) groups is 5. The third-order valence-electron chi connectivity index (χ3n) is 9.09. The van der Waals surface area contributed by atoms with Crippen molar-refractivity contribution in [2.75, 3.05) is 6.54 Å². The van der Waals surface area contributed by atoms with Crippen LogP contribution in [0.3, 0.4) is 0 Å². The molecule has 1 aliphatic heterocycles. The molecule has 4 N–H and O–H groups in total. The molecule has 2 aromatic carbocycles. The molecule has 5 rings (SSSR count). The molecule has 3 fully saturated rings. The number of alkyl carbamates (subject to hydrolysis) is 1. The SMILES string of the molecule is O=C(N[C@@H](CC1CCCCC1)C(=O)N[C@@H](C[C@@H]1CCNC1=O)C(=O)C(=O)NC1CC1)OC(Cc1cccc(Cl)c1)c1ccccc1. The van der Waals surface area contributed by atoms with Crippen LogP contribution in [0, 0.1) is 11.8 Å². The average Bonchev–Trinajstić information content (AvgIpc) is 3.78. The maximum absolute atomic E-state index is 13.9. The number of Topliss-reactive ketones (excluding diaryl/α,β-unsaturated/α-hetero) is 1. The summed E-state index contributed by atoms with van der Waals surface area (Å²) >= 11 is 6.21. The van der Waals surface area contributed by atoms with Crippen molar-refractivity contribution in [2.45, 2.75) is 94.9 Å². The Morgan fingerprint density at radius 1 is 0.870 bits per heavy atom. The first-order valence-electron chi connectivity index (χ1n) is 16.4. The minimum absolute atomic E-state index is 0.00477. The van der Waals surface area contributed by atoms with Crippen molar-refractivity contribution in [1.29, 1.82) is 0 Å². The zero-order chi connectivity index (χ0) is 32.5. The van der Waals surface area contributed by atoms with Gasteiger partial charge in [0, 0.05) is 29.9 Å². The Labute approximate surface area is 274 Å². The third kappa shape index (κ3) is 9.79. The Morgan fingerprint density at radius 2 is 1.63 bits per heavy atom. The highest BCUT2D eigenvalue weighted by Crippen LogP contribution is 2.29. The summed E-state index contributed by atoms with van der Waals surface area (Å²) in [4.78, 5) is 65.8. The van der Waals surface area contributed by atoms with Gasteiger partial charge in [0.2, 0.25) is 17.6 Å². The van der Waals surface area contributed by atoms with Crippen LogP contribution in [0.5, 0.6) is 0 Å². The minimum Gasteiger partial charge on any atom is -0.441 e. The van der Waals surface area contributed by atoms with Crippen molar-refractivity contribution in [2.24, 2.45) is 11.8 Å². The second kappa shape index (κ2) is 16.1. The molecule has 3 aliphatic rings. The van der Waals surface area contributed by atoms with Gasteiger partial charge in [0.15, 0.2) is 0 Å². The molecule has 2 saturated carbocycles. The van der Waals surface area contributed by atoms with Crippen molar-refractivity contribution in [3.63, 3.8) is 0 Å². The lowest BCUT2D eigenvalue weighted by atomic mass is 9.84. The van der Waals surface area contributed by atoms with E-state index in [2.05, 4.69) is 21.3 Å². The third-order valence-corrected chi connectivity index (χ3v) is 9.32. The van der Waals surface area contributed by atoms with E-state index >= 15 is 0 Å². The van der Waals surface area contributed by atoms with Crippen molar-refractivity contribution >= 4 is 41.2 Å². The summed E-state index contributed by atoms with van der Waals surface area (Å²) in [6, 6.07) is 14.4. The van der Waals surface area contributed by atoms with Gasteiger partial charge in [-0.1, -0.05) is 86.2 Å². The van der Waals surface area contributed by atoms with Gasteiger partial charge in [0.1, 0.15) is 12.1 Å². The Bertz CT molecular complexity index is 1390. The molecule has 46 heavy (non-hydrogen) atoms. The molecule has 1 saturated heterocycles. The zero-order valence-corrected chi connectivity index (χ0v) is 26.7. The largest absolute Gasteiger partial charge is 0.441 e. The smallest absolute Gasteiger partial charge is 0.408 e. The van der Waals surface area contributed by atoms with Crippen molar-refractivity contribution < 1.29 is 28.7 Å². The number of benzene rings is 2. The highest BCUT2D eigenvalue weighted by Gasteiger charge is 2.37. The van der Waals surface area contributed by atoms with E-state index in [4.69, 9.17) is 16.3 Å². The monoisotopic (exact) mass is 650 g/mol. The van der Waals surface area contributed by atoms with E-state index in [0.29, 0.717) is 30.8 Å². The molecular weight excluding hydrogens is 608 g/mol. The van der Waals surface area contributed by atoms with Crippen molar-refractivity contribution in [3.8, 4) is 0 Å². The minimum atomic E-state index is -1.20. The number of rotatable bonds is 14. The van der Waals surface area contributed by atoms with E-state index in [-0.39, 0.29) is 24.3 Å². The summed E-state index contributed by atoms with van der Waals surface area (Å²) in [6.45, 7) is 0.474. The van der Waals surface area contributed by atoms with Crippen LogP contribution in [0.15, 0.2) is 54.6 Å². The van der Waals surface area contributed by atoms with Crippen LogP contribution in [0.2, 0.25) is 5.02 Å². The number of amides is 4. The van der Waals surface area contributed by atoms with E-state index < -0.39 is 47.8 Å². The summed E-state index contributed by atoms with van der Waals surface area (Å²) in [5.41, 5.74) is 1.67. The first-order chi connectivity index (χ1) is 22.2. The predicted octanol–water partition coefficient (Wildman–Crippen LogP) is 4.55. The molecule has 11 heteroatoms. The van der Waals surface area contributed by atoms with Crippen LogP contribution in [0.25, 0.3) is 0 Å². The Hall–Kier alpha value is -3.92. The fourth-order valence-corrected chi connectivity index (χ4v) is 6.58. The number of ketones is 1. The van der Waals surface area contributed by atoms with Gasteiger partial charge < -0.3 is 26.0 Å². The Balaban J connectivity index is 1.32. The van der Waals surface area contributed by atoms with Gasteiger partial charge >= 0.3 is 6.09 Å². The Kier molecular flexibility index (Phi) is 11.7. The second-order valence-corrected chi connectivity index (χ2v) is 13.2. The molecule has 2 aliphatic carbocycles. The van der Waals surface area contributed by atoms with Crippen molar-refractivity contribution in [1.82, 2.24) is 21.3 Å². The molecule has 0 aromatic heterocycles. The molecule has 1 unspecified atom stereocenters. The summed E-state index contributed by atoms with van der Waals surface area (Å²) in [5.74, 6) is -2.64. The second-order valence-electron chi connectivity index (χ2n) is 12.8. The van der Waals surface area contributed by atoms with E-state index in [1.54, 1.807) is 6.07 Å². The number of ether oxygens (including phenoxy) is 1. The maximum atomic E-state index is 13.9. The molecular formula is C35H43ClN4O6. The quantitative estimate of drug-likeness (QED) is 0.221. The summed E-state index contributed by atoms with van der Waals surface area (Å²) < 4.78 is 5.96. The van der Waals surface area contributed by atoms with Crippen LogP contribution >= 0.6 is 11.6 Å². The van der Waals surface area contributed by atoms with Gasteiger partial charge in [-0.25, -0.2) is 4.79 Å². The van der Waals surface area contributed by atoms with Gasteiger partial charge in [-0.05, 0) is 61.3 Å². The summed E-state index contributed by atoms with van der Waals surface area (Å²) in [5, 5.41) is 11.6. The van der Waals surface area contributed by atoms with Crippen molar-refractivity contribution in [3.05, 3.63) is 70.7 Å². The average molecular weight is 651 g/mol. The molecule has 246 valence electrons. The van der Waals surface area contributed by atoms with E-state index in [1.165, 1.54) is 0 Å². The van der Waals surface area contributed by atoms with Crippen LogP contribution in [-0.2, 0) is 30.3 Å². The lowest BCUT2D eigenvalue weighted by Gasteiger charge is -2.29. The van der Waals surface area contributed by atoms with E-state index in [1.807, 2.05) is 48.5 Å². The number of carbonyl (C=O) groups excluding carboxylic acids is 5. The topological polar surface area (TPSA) is 143 Å². The van der Waals surface area contributed by atoms with E-state index in [9.17, 15) is 24.0 Å². The molecule has 0 radical (unpaired) electrons. The molecule has 0 spiro atoms. The fourth-order valence-electron chi connectivity index (χ4n) is 6.37. The molecule has 2 aromatic rings. The molecule has 10 nitrogen and oxygen atoms in total. The fraction of sp³-hybridized carbons (Fsp3) is 0.514. The highest BCUT2D eigenvalue weighted by atomic mass is 35.5. The predicted molar refractivity (Wildman–Crippen MR) is 173 cm³/mol. The van der Waals surface area contributed by atoms with Gasteiger partial charge in [0.05, 0.1) is 6.04 Å². The number of hydrogen-bond acceptors (Lipinski definition) is 6. The number of hydrogen-bond donors (Lipinski definition) is 4. The summed E-state index contributed by atoms with van der Waals surface area (Å²) in [7, 11) is 0. The summed E-state index contributed by atoms with van der Waals surface area (Å²) in [6.07, 6.45) is 6.49. The van der Waals surface area contributed by atoms with Gasteiger partial charge in [-0.2, -0.15) is 0 Å². The lowest BCUT2D eigenvalue weighted by Crippen LogP contribution is -2.55. The normalized spacial score (nSPS) is 20.1. The Morgan fingerprint density at radius 3 is 2.30 bits per heavy atom. The molecule has 1 heterocycles. The van der Waals surface area contributed by atoms with Crippen LogP contribution < -0.4 is 21.3 Å². The number of halogens is 1. The molecule has 0 bridgehead atoms. The standard InChI is InChI=1S/C35H43ClN4O6/c36-26-13-7-10-23(18-26)20-30(24-11-5-2-6-12-24)46-35(45)40-29(19-22-8-3-1-4-9-22)33(43)39-28(21-25-16-17-37-32(25)42)31(41)34(44)38-27-14-15-27/h2,5-7,10-13,18,22,25,27-30H,1,3-4,8-9,14-17,19-21H2,(H,37,42)(H,38,44)(H,39,43)(H,40,45)/t25-,28-,29-,30?/m0/s1. The first-order valence-corrected chi connectivity index (χ1v) is 16.8. The lowest BCUT2D eigenvalue weighted by molar-refractivity contribution is -0.141. The van der Waals surface area contributed by atoms with E-state index in [0.717, 1.165) is 56.1 Å². The zero-order valence-electron chi connectivity index (χ0n) is 26.0. The molecule has 4 amide bonds. The van der Waals surface area contributed by atoms with Crippen LogP contribution in [0.1, 0.15) is 81.4 Å². The highest BCUT2D eigenvalue weighted by molar-refractivity contribution is 6.38. The molecule has 4 atom stereocenters.